The minimum Gasteiger partial charge on any atom is -0.380 e. The van der Waals surface area contributed by atoms with Gasteiger partial charge >= 0.3 is 0 Å². The summed E-state index contributed by atoms with van der Waals surface area (Å²) in [5.74, 6) is -0.417. The average Bonchev–Trinajstić information content (AvgIpc) is 2.46. The first-order chi connectivity index (χ1) is 10.2. The molecule has 0 spiro atoms. The van der Waals surface area contributed by atoms with Gasteiger partial charge in [0.05, 0.1) is 13.2 Å². The Kier molecular flexibility index (Phi) is 8.35. The zero-order chi connectivity index (χ0) is 15.5. The van der Waals surface area contributed by atoms with Crippen LogP contribution in [0.4, 0.5) is 8.78 Å². The molecule has 0 saturated carbocycles. The number of rotatable bonds is 8. The summed E-state index contributed by atoms with van der Waals surface area (Å²) in [6.45, 7) is 6.75. The van der Waals surface area contributed by atoms with E-state index in [0.29, 0.717) is 38.8 Å². The van der Waals surface area contributed by atoms with Crippen LogP contribution in [-0.4, -0.2) is 38.8 Å². The molecular formula is C15H23F2N3O. The van der Waals surface area contributed by atoms with Crippen molar-refractivity contribution in [3.63, 3.8) is 0 Å². The average molecular weight is 299 g/mol. The molecule has 0 radical (unpaired) electrons. The number of ether oxygens (including phenoxy) is 1. The summed E-state index contributed by atoms with van der Waals surface area (Å²) in [5, 5.41) is 6.12. The number of hydrogen-bond donors (Lipinski definition) is 2. The number of halogens is 2. The second-order valence-corrected chi connectivity index (χ2v) is 4.33. The van der Waals surface area contributed by atoms with Gasteiger partial charge in [-0.1, -0.05) is 6.07 Å². The zero-order valence-corrected chi connectivity index (χ0v) is 12.6. The Morgan fingerprint density at radius 3 is 2.52 bits per heavy atom. The standard InChI is InChI=1S/C15H23F2N3O/c1-3-18-15(20-10-11-21-4-2)19-9-8-12-13(16)6-5-7-14(12)17/h5-7H,3-4,8-11H2,1-2H3,(H2,18,19,20). The SMILES string of the molecule is CCNC(=NCCOCC)NCCc1c(F)cccc1F. The summed E-state index contributed by atoms with van der Waals surface area (Å²) in [5.41, 5.74) is 0.0927. The largest absolute Gasteiger partial charge is 0.380 e. The topological polar surface area (TPSA) is 45.7 Å². The first-order valence-electron chi connectivity index (χ1n) is 7.21. The molecule has 0 unspecified atom stereocenters. The number of aliphatic imine (C=N–C) groups is 1. The van der Waals surface area contributed by atoms with Crippen LogP contribution in [-0.2, 0) is 11.2 Å². The number of nitrogens with zero attached hydrogens (tertiary/aromatic N) is 1. The third-order valence-corrected chi connectivity index (χ3v) is 2.78. The molecule has 21 heavy (non-hydrogen) atoms. The lowest BCUT2D eigenvalue weighted by atomic mass is 10.1. The highest BCUT2D eigenvalue weighted by molar-refractivity contribution is 5.79. The van der Waals surface area contributed by atoms with Crippen molar-refractivity contribution in [3.8, 4) is 0 Å². The highest BCUT2D eigenvalue weighted by Crippen LogP contribution is 2.11. The van der Waals surface area contributed by atoms with Crippen LogP contribution in [0.2, 0.25) is 0 Å². The Morgan fingerprint density at radius 1 is 1.19 bits per heavy atom. The van der Waals surface area contributed by atoms with Crippen molar-refractivity contribution in [1.82, 2.24) is 10.6 Å². The van der Waals surface area contributed by atoms with Gasteiger partial charge in [-0.05, 0) is 32.4 Å². The third kappa shape index (κ3) is 6.53. The van der Waals surface area contributed by atoms with Crippen molar-refractivity contribution in [1.29, 1.82) is 0 Å². The monoisotopic (exact) mass is 299 g/mol. The van der Waals surface area contributed by atoms with Crippen LogP contribution in [0.3, 0.4) is 0 Å². The molecular weight excluding hydrogens is 276 g/mol. The van der Waals surface area contributed by atoms with Gasteiger partial charge in [-0.3, -0.25) is 4.99 Å². The van der Waals surface area contributed by atoms with E-state index in [9.17, 15) is 8.78 Å². The van der Waals surface area contributed by atoms with E-state index < -0.39 is 11.6 Å². The van der Waals surface area contributed by atoms with Crippen molar-refractivity contribution in [3.05, 3.63) is 35.4 Å². The van der Waals surface area contributed by atoms with E-state index in [1.807, 2.05) is 13.8 Å². The normalized spacial score (nSPS) is 11.5. The molecule has 1 aromatic carbocycles. The maximum Gasteiger partial charge on any atom is 0.191 e. The van der Waals surface area contributed by atoms with E-state index in [4.69, 9.17) is 4.74 Å². The van der Waals surface area contributed by atoms with Crippen molar-refractivity contribution in [2.45, 2.75) is 20.3 Å². The summed E-state index contributed by atoms with van der Waals surface area (Å²) >= 11 is 0. The quantitative estimate of drug-likeness (QED) is 0.439. The molecule has 1 aromatic rings. The molecule has 118 valence electrons. The Hall–Kier alpha value is -1.69. The molecule has 0 atom stereocenters. The van der Waals surface area contributed by atoms with Crippen LogP contribution < -0.4 is 10.6 Å². The minimum atomic E-state index is -0.518. The molecule has 0 bridgehead atoms. The van der Waals surface area contributed by atoms with Gasteiger partial charge in [-0.15, -0.1) is 0 Å². The first-order valence-corrected chi connectivity index (χ1v) is 7.21. The van der Waals surface area contributed by atoms with E-state index in [1.165, 1.54) is 18.2 Å². The molecule has 0 saturated heterocycles. The smallest absolute Gasteiger partial charge is 0.191 e. The molecule has 0 aliphatic carbocycles. The van der Waals surface area contributed by atoms with Gasteiger partial charge < -0.3 is 15.4 Å². The zero-order valence-electron chi connectivity index (χ0n) is 12.6. The van der Waals surface area contributed by atoms with Gasteiger partial charge in [0.25, 0.3) is 0 Å². The highest BCUT2D eigenvalue weighted by Gasteiger charge is 2.08. The first kappa shape index (κ1) is 17.4. The fraction of sp³-hybridized carbons (Fsp3) is 0.533. The van der Waals surface area contributed by atoms with Gasteiger partial charge in [0.1, 0.15) is 11.6 Å². The van der Waals surface area contributed by atoms with Gasteiger partial charge in [-0.2, -0.15) is 0 Å². The number of nitrogens with one attached hydrogen (secondary N) is 2. The predicted molar refractivity (Wildman–Crippen MR) is 80.5 cm³/mol. The minimum absolute atomic E-state index is 0.0927. The van der Waals surface area contributed by atoms with Gasteiger partial charge in [0.15, 0.2) is 5.96 Å². The number of hydrogen-bond acceptors (Lipinski definition) is 2. The molecule has 0 aliphatic heterocycles. The van der Waals surface area contributed by atoms with E-state index in [-0.39, 0.29) is 12.0 Å². The fourth-order valence-electron chi connectivity index (χ4n) is 1.79. The molecule has 0 fully saturated rings. The number of guanidine groups is 1. The fourth-order valence-corrected chi connectivity index (χ4v) is 1.79. The van der Waals surface area contributed by atoms with Crippen LogP contribution in [0.1, 0.15) is 19.4 Å². The van der Waals surface area contributed by atoms with Crippen LogP contribution in [0.15, 0.2) is 23.2 Å². The van der Waals surface area contributed by atoms with Crippen LogP contribution in [0, 0.1) is 11.6 Å². The maximum atomic E-state index is 13.5. The lowest BCUT2D eigenvalue weighted by molar-refractivity contribution is 0.155. The molecule has 0 aromatic heterocycles. The van der Waals surface area contributed by atoms with Crippen molar-refractivity contribution in [2.75, 3.05) is 32.8 Å². The summed E-state index contributed by atoms with van der Waals surface area (Å²) in [4.78, 5) is 4.31. The van der Waals surface area contributed by atoms with Gasteiger partial charge in [-0.25, -0.2) is 8.78 Å². The molecule has 2 N–H and O–H groups in total. The summed E-state index contributed by atoms with van der Waals surface area (Å²) in [7, 11) is 0. The van der Waals surface area contributed by atoms with E-state index in [1.54, 1.807) is 0 Å². The van der Waals surface area contributed by atoms with Crippen LogP contribution in [0.5, 0.6) is 0 Å². The summed E-state index contributed by atoms with van der Waals surface area (Å²) in [6, 6.07) is 3.89. The van der Waals surface area contributed by atoms with Crippen molar-refractivity contribution in [2.24, 2.45) is 4.99 Å². The van der Waals surface area contributed by atoms with E-state index in [0.717, 1.165) is 0 Å². The van der Waals surface area contributed by atoms with Gasteiger partial charge in [0, 0.05) is 25.3 Å². The Morgan fingerprint density at radius 2 is 1.90 bits per heavy atom. The van der Waals surface area contributed by atoms with E-state index >= 15 is 0 Å². The molecule has 4 nitrogen and oxygen atoms in total. The Balaban J connectivity index is 2.46. The molecule has 6 heteroatoms. The van der Waals surface area contributed by atoms with Crippen LogP contribution in [0.25, 0.3) is 0 Å². The molecule has 1 rings (SSSR count). The second-order valence-electron chi connectivity index (χ2n) is 4.33. The third-order valence-electron chi connectivity index (χ3n) is 2.78. The molecule has 0 amide bonds. The summed E-state index contributed by atoms with van der Waals surface area (Å²) < 4.78 is 32.2. The Labute approximate surface area is 124 Å². The van der Waals surface area contributed by atoms with E-state index in [2.05, 4.69) is 15.6 Å². The molecule has 0 heterocycles. The van der Waals surface area contributed by atoms with Crippen molar-refractivity contribution < 1.29 is 13.5 Å². The summed E-state index contributed by atoms with van der Waals surface area (Å²) in [6.07, 6.45) is 0.258. The highest BCUT2D eigenvalue weighted by atomic mass is 19.1. The Bertz CT molecular complexity index is 432. The lowest BCUT2D eigenvalue weighted by Crippen LogP contribution is -2.38. The van der Waals surface area contributed by atoms with Crippen LogP contribution >= 0.6 is 0 Å². The number of benzene rings is 1. The molecule has 0 aliphatic rings. The lowest BCUT2D eigenvalue weighted by Gasteiger charge is -2.12. The maximum absolute atomic E-state index is 13.5. The van der Waals surface area contributed by atoms with Gasteiger partial charge in [0.2, 0.25) is 0 Å². The van der Waals surface area contributed by atoms with Crippen molar-refractivity contribution >= 4 is 5.96 Å². The second kappa shape index (κ2) is 10.1. The predicted octanol–water partition coefficient (Wildman–Crippen LogP) is 2.10.